The van der Waals surface area contributed by atoms with Crippen LogP contribution in [-0.2, 0) is 10.0 Å². The Kier molecular flexibility index (Phi) is 3.49. The van der Waals surface area contributed by atoms with E-state index in [9.17, 15) is 13.2 Å². The molecule has 2 aromatic rings. The zero-order valence-corrected chi connectivity index (χ0v) is 11.3. The first kappa shape index (κ1) is 13.4. The maximum Gasteiger partial charge on any atom is 0.335 e. The van der Waals surface area contributed by atoms with Gasteiger partial charge in [0.1, 0.15) is 5.82 Å². The van der Waals surface area contributed by atoms with Crippen molar-refractivity contribution in [2.45, 2.75) is 11.8 Å². The Hall–Kier alpha value is -2.00. The predicted octanol–water partition coefficient (Wildman–Crippen LogP) is 1.35. The molecule has 0 atom stereocenters. The molecule has 0 spiro atoms. The van der Waals surface area contributed by atoms with Crippen LogP contribution in [0.5, 0.6) is 0 Å². The summed E-state index contributed by atoms with van der Waals surface area (Å²) >= 11 is 0.934. The van der Waals surface area contributed by atoms with E-state index in [0.29, 0.717) is 5.82 Å². The molecule has 7 nitrogen and oxygen atoms in total. The topological polar surface area (TPSA) is 109 Å². The predicted molar refractivity (Wildman–Crippen MR) is 68.9 cm³/mol. The van der Waals surface area contributed by atoms with E-state index in [1.54, 1.807) is 6.92 Å². The fraction of sp³-hybridized carbons (Fsp3) is 0.100. The first-order chi connectivity index (χ1) is 8.88. The third-order valence-electron chi connectivity index (χ3n) is 2.16. The lowest BCUT2D eigenvalue weighted by Gasteiger charge is -2.04. The molecular formula is C10H9N3O4S2. The molecule has 1 aromatic heterocycles. The molecule has 2 rings (SSSR count). The number of benzene rings is 1. The van der Waals surface area contributed by atoms with Crippen LogP contribution in [0.15, 0.2) is 29.2 Å². The van der Waals surface area contributed by atoms with E-state index in [1.165, 1.54) is 24.3 Å². The maximum absolute atomic E-state index is 12.0. The van der Waals surface area contributed by atoms with Gasteiger partial charge in [0.15, 0.2) is 0 Å². The zero-order chi connectivity index (χ0) is 14.0. The minimum atomic E-state index is -3.78. The summed E-state index contributed by atoms with van der Waals surface area (Å²) in [7, 11) is -3.78. The Labute approximate surface area is 113 Å². The minimum Gasteiger partial charge on any atom is -0.478 e. The summed E-state index contributed by atoms with van der Waals surface area (Å²) in [5.41, 5.74) is 0.0192. The maximum atomic E-state index is 12.0. The number of sulfonamides is 1. The fourth-order valence-corrected chi connectivity index (χ4v) is 3.09. The van der Waals surface area contributed by atoms with Gasteiger partial charge in [0, 0.05) is 11.5 Å². The van der Waals surface area contributed by atoms with Crippen molar-refractivity contribution in [3.05, 3.63) is 35.7 Å². The van der Waals surface area contributed by atoms with Crippen LogP contribution in [0.4, 0.5) is 5.13 Å². The number of carboxylic acid groups (broad SMARTS) is 1. The van der Waals surface area contributed by atoms with Gasteiger partial charge in [0.25, 0.3) is 10.0 Å². The highest BCUT2D eigenvalue weighted by Gasteiger charge is 2.16. The Bertz CT molecular complexity index is 707. The molecule has 0 aliphatic rings. The fourth-order valence-electron chi connectivity index (χ4n) is 1.29. The lowest BCUT2D eigenvalue weighted by atomic mass is 10.2. The molecule has 0 fully saturated rings. The van der Waals surface area contributed by atoms with Crippen molar-refractivity contribution in [2.75, 3.05) is 4.72 Å². The first-order valence-electron chi connectivity index (χ1n) is 5.05. The van der Waals surface area contributed by atoms with Crippen LogP contribution in [0, 0.1) is 6.92 Å². The molecule has 19 heavy (non-hydrogen) atoms. The summed E-state index contributed by atoms with van der Waals surface area (Å²) in [5, 5.41) is 8.90. The van der Waals surface area contributed by atoms with E-state index in [0.717, 1.165) is 11.5 Å². The van der Waals surface area contributed by atoms with Crippen LogP contribution in [-0.4, -0.2) is 28.9 Å². The van der Waals surface area contributed by atoms with Gasteiger partial charge < -0.3 is 5.11 Å². The van der Waals surface area contributed by atoms with Crippen LogP contribution in [0.1, 0.15) is 16.2 Å². The van der Waals surface area contributed by atoms with Gasteiger partial charge in [-0.15, -0.1) is 0 Å². The van der Waals surface area contributed by atoms with Crippen LogP contribution >= 0.6 is 11.5 Å². The van der Waals surface area contributed by atoms with E-state index in [1.807, 2.05) is 0 Å². The number of hydrogen-bond donors (Lipinski definition) is 2. The highest BCUT2D eigenvalue weighted by Crippen LogP contribution is 2.18. The number of anilines is 1. The summed E-state index contributed by atoms with van der Waals surface area (Å²) in [4.78, 5) is 14.5. The summed E-state index contributed by atoms with van der Waals surface area (Å²) < 4.78 is 30.1. The van der Waals surface area contributed by atoms with Crippen molar-refractivity contribution in [3.63, 3.8) is 0 Å². The number of carbonyl (C=O) groups is 1. The van der Waals surface area contributed by atoms with Gasteiger partial charge in [-0.05, 0) is 31.2 Å². The largest absolute Gasteiger partial charge is 0.478 e. The van der Waals surface area contributed by atoms with Crippen LogP contribution in [0.25, 0.3) is 0 Å². The molecule has 0 saturated carbocycles. The van der Waals surface area contributed by atoms with E-state index in [2.05, 4.69) is 14.1 Å². The average molecular weight is 299 g/mol. The highest BCUT2D eigenvalue weighted by atomic mass is 32.2. The molecule has 1 aromatic carbocycles. The molecule has 2 N–H and O–H groups in total. The van der Waals surface area contributed by atoms with Crippen molar-refractivity contribution < 1.29 is 18.3 Å². The Balaban J connectivity index is 2.26. The van der Waals surface area contributed by atoms with Gasteiger partial charge in [0.05, 0.1) is 10.5 Å². The molecule has 0 aliphatic carbocycles. The van der Waals surface area contributed by atoms with Gasteiger partial charge in [-0.2, -0.15) is 4.37 Å². The number of nitrogens with zero attached hydrogens (tertiary/aromatic N) is 2. The van der Waals surface area contributed by atoms with Gasteiger partial charge in [0.2, 0.25) is 5.13 Å². The van der Waals surface area contributed by atoms with E-state index >= 15 is 0 Å². The number of nitrogens with one attached hydrogen (secondary N) is 1. The van der Waals surface area contributed by atoms with Crippen molar-refractivity contribution >= 4 is 32.7 Å². The average Bonchev–Trinajstić information content (AvgIpc) is 2.74. The van der Waals surface area contributed by atoms with Crippen LogP contribution in [0.3, 0.4) is 0 Å². The first-order valence-corrected chi connectivity index (χ1v) is 7.30. The number of aromatic carboxylic acids is 1. The van der Waals surface area contributed by atoms with Crippen LogP contribution < -0.4 is 4.72 Å². The standard InChI is InChI=1S/C10H9N3O4S2/c1-6-11-10(18-12-6)13-19(16,17)8-4-2-7(3-5-8)9(14)15/h2-5H,1H3,(H,14,15)(H,11,12,13). The molecule has 0 bridgehead atoms. The molecule has 0 aliphatic heterocycles. The number of aromatic nitrogens is 2. The number of aryl methyl sites for hydroxylation is 1. The molecule has 0 radical (unpaired) electrons. The second-order valence-corrected chi connectivity index (χ2v) is 6.02. The molecule has 1 heterocycles. The van der Waals surface area contributed by atoms with Crippen molar-refractivity contribution in [1.29, 1.82) is 0 Å². The van der Waals surface area contributed by atoms with Crippen molar-refractivity contribution in [1.82, 2.24) is 9.36 Å². The zero-order valence-electron chi connectivity index (χ0n) is 9.69. The Morgan fingerprint density at radius 1 is 1.32 bits per heavy atom. The smallest absolute Gasteiger partial charge is 0.335 e. The van der Waals surface area contributed by atoms with E-state index in [-0.39, 0.29) is 15.6 Å². The number of hydrogen-bond acceptors (Lipinski definition) is 6. The number of carboxylic acids is 1. The minimum absolute atomic E-state index is 0.0192. The van der Waals surface area contributed by atoms with E-state index < -0.39 is 16.0 Å². The summed E-state index contributed by atoms with van der Waals surface area (Å²) in [6, 6.07) is 4.89. The lowest BCUT2D eigenvalue weighted by Crippen LogP contribution is -2.13. The van der Waals surface area contributed by atoms with Gasteiger partial charge in [-0.1, -0.05) is 0 Å². The molecule has 0 amide bonds. The lowest BCUT2D eigenvalue weighted by molar-refractivity contribution is 0.0697. The molecular weight excluding hydrogens is 290 g/mol. The molecule has 100 valence electrons. The Morgan fingerprint density at radius 3 is 2.42 bits per heavy atom. The molecule has 0 saturated heterocycles. The monoisotopic (exact) mass is 299 g/mol. The second kappa shape index (κ2) is 4.94. The summed E-state index contributed by atoms with van der Waals surface area (Å²) in [6.07, 6.45) is 0. The third-order valence-corrected chi connectivity index (χ3v) is 4.37. The van der Waals surface area contributed by atoms with Gasteiger partial charge in [-0.25, -0.2) is 18.2 Å². The quantitative estimate of drug-likeness (QED) is 0.881. The van der Waals surface area contributed by atoms with Gasteiger partial charge in [-0.3, -0.25) is 4.72 Å². The Morgan fingerprint density at radius 2 is 1.95 bits per heavy atom. The van der Waals surface area contributed by atoms with Gasteiger partial charge >= 0.3 is 5.97 Å². The third kappa shape index (κ3) is 3.06. The normalized spacial score (nSPS) is 11.2. The second-order valence-electron chi connectivity index (χ2n) is 3.58. The SMILES string of the molecule is Cc1nsc(NS(=O)(=O)c2ccc(C(=O)O)cc2)n1. The van der Waals surface area contributed by atoms with E-state index in [4.69, 9.17) is 5.11 Å². The molecule has 0 unspecified atom stereocenters. The van der Waals surface area contributed by atoms with Crippen molar-refractivity contribution in [2.24, 2.45) is 0 Å². The number of rotatable bonds is 4. The highest BCUT2D eigenvalue weighted by molar-refractivity contribution is 7.93. The molecule has 9 heteroatoms. The summed E-state index contributed by atoms with van der Waals surface area (Å²) in [6.45, 7) is 1.65. The van der Waals surface area contributed by atoms with Crippen LogP contribution in [0.2, 0.25) is 0 Å². The summed E-state index contributed by atoms with van der Waals surface area (Å²) in [5.74, 6) is -0.638. The van der Waals surface area contributed by atoms with Crippen molar-refractivity contribution in [3.8, 4) is 0 Å².